The number of phenols is 1. The maximum absolute atomic E-state index is 10.2. The number of phenolic OH excluding ortho intramolecular Hbond substituents is 1. The van der Waals surface area contributed by atoms with Gasteiger partial charge in [-0.15, -0.1) is 0 Å². The predicted octanol–water partition coefficient (Wildman–Crippen LogP) is 3.91. The number of anilines is 2. The van der Waals surface area contributed by atoms with Crippen LogP contribution in [-0.2, 0) is 0 Å². The van der Waals surface area contributed by atoms with Gasteiger partial charge in [0.25, 0.3) is 0 Å². The van der Waals surface area contributed by atoms with E-state index in [0.717, 1.165) is 42.0 Å². The van der Waals surface area contributed by atoms with Crippen LogP contribution in [0.1, 0.15) is 51.4 Å². The number of unbranched alkanes of at least 4 members (excludes halogenated alkanes) is 2. The smallest absolute Gasteiger partial charge is 0.144 e. The Hall–Kier alpha value is -1.42. The van der Waals surface area contributed by atoms with E-state index in [1.54, 1.807) is 12.1 Å². The number of aromatic hydroxyl groups is 1. The van der Waals surface area contributed by atoms with Gasteiger partial charge in [-0.1, -0.05) is 25.7 Å². The number of aliphatic hydroxyl groups excluding tert-OH is 1. The zero-order valence-corrected chi connectivity index (χ0v) is 13.7. The first-order valence-corrected chi connectivity index (χ1v) is 9.23. The van der Waals surface area contributed by atoms with E-state index in [4.69, 9.17) is 0 Å². The van der Waals surface area contributed by atoms with Crippen LogP contribution in [0.25, 0.3) is 0 Å². The van der Waals surface area contributed by atoms with E-state index in [9.17, 15) is 10.2 Å². The molecule has 126 valence electrons. The highest BCUT2D eigenvalue weighted by Crippen LogP contribution is 2.53. The number of benzene rings is 1. The molecule has 3 atom stereocenters. The summed E-state index contributed by atoms with van der Waals surface area (Å²) in [6.45, 7) is 0. The predicted molar refractivity (Wildman–Crippen MR) is 92.6 cm³/mol. The molecule has 23 heavy (non-hydrogen) atoms. The molecule has 1 aliphatic heterocycles. The second-order valence-corrected chi connectivity index (χ2v) is 7.80. The van der Waals surface area contributed by atoms with Crippen LogP contribution >= 0.6 is 0 Å². The summed E-state index contributed by atoms with van der Waals surface area (Å²) >= 11 is 0. The van der Waals surface area contributed by atoms with E-state index in [-0.39, 0.29) is 11.8 Å². The fraction of sp³-hybridized carbons (Fsp3) is 0.684. The lowest BCUT2D eigenvalue weighted by Crippen LogP contribution is -2.42. The maximum Gasteiger partial charge on any atom is 0.144 e. The number of aliphatic hydroxyl groups is 1. The van der Waals surface area contributed by atoms with Crippen molar-refractivity contribution < 1.29 is 10.2 Å². The number of nitrogens with one attached hydrogen (secondary N) is 2. The summed E-state index contributed by atoms with van der Waals surface area (Å²) in [6.07, 6.45) is 10.1. The number of rotatable bonds is 6. The monoisotopic (exact) mass is 316 g/mol. The molecular formula is C19H28N2O2. The van der Waals surface area contributed by atoms with Crippen molar-refractivity contribution in [1.29, 1.82) is 0 Å². The highest BCUT2D eigenvalue weighted by atomic mass is 16.3. The molecule has 1 aromatic carbocycles. The van der Waals surface area contributed by atoms with Crippen molar-refractivity contribution >= 4 is 11.4 Å². The van der Waals surface area contributed by atoms with Gasteiger partial charge in [0.05, 0.1) is 17.4 Å². The van der Waals surface area contributed by atoms with Gasteiger partial charge in [-0.25, -0.2) is 0 Å². The Balaban J connectivity index is 1.19. The molecule has 0 radical (unpaired) electrons. The second kappa shape index (κ2) is 6.23. The first kappa shape index (κ1) is 15.1. The van der Waals surface area contributed by atoms with E-state index in [1.807, 2.05) is 6.07 Å². The largest absolute Gasteiger partial charge is 0.508 e. The van der Waals surface area contributed by atoms with Gasteiger partial charge in [-0.2, -0.15) is 0 Å². The lowest BCUT2D eigenvalue weighted by atomic mass is 9.81. The number of fused-ring (bicyclic) bond motifs is 2. The molecule has 0 spiro atoms. The molecule has 4 N–H and O–H groups in total. The average Bonchev–Trinajstić information content (AvgIpc) is 3.06. The standard InChI is InChI=1S/C19H28N2O2/c22-15-6-7-16-18(11-15)21-19(23)17(20-16)5-3-1-2-4-13-8-12-9-14(13)10-12/h6-7,11-14,17,19-23H,1-5,8-10H2/t12-,13-,14+,17?,19?/m0/s1. The van der Waals surface area contributed by atoms with Crippen LogP contribution in [-0.4, -0.2) is 22.5 Å². The lowest BCUT2D eigenvalue weighted by Gasteiger charge is -2.33. The molecule has 0 amide bonds. The minimum atomic E-state index is -0.591. The van der Waals surface area contributed by atoms with E-state index in [1.165, 1.54) is 38.5 Å². The second-order valence-electron chi connectivity index (χ2n) is 7.80. The Bertz CT molecular complexity index is 556. The van der Waals surface area contributed by atoms with Crippen LogP contribution in [0.4, 0.5) is 11.4 Å². The van der Waals surface area contributed by atoms with Crippen LogP contribution in [0.15, 0.2) is 18.2 Å². The first-order valence-electron chi connectivity index (χ1n) is 9.23. The molecule has 5 rings (SSSR count). The van der Waals surface area contributed by atoms with Gasteiger partial charge in [0.1, 0.15) is 12.0 Å². The fourth-order valence-corrected chi connectivity index (χ4v) is 4.83. The van der Waals surface area contributed by atoms with E-state index < -0.39 is 6.23 Å². The summed E-state index contributed by atoms with van der Waals surface area (Å²) in [5.41, 5.74) is 1.73. The van der Waals surface area contributed by atoms with Gasteiger partial charge >= 0.3 is 0 Å². The molecular weight excluding hydrogens is 288 g/mol. The fourth-order valence-electron chi connectivity index (χ4n) is 4.83. The number of hydrogen-bond donors (Lipinski definition) is 4. The van der Waals surface area contributed by atoms with Crippen LogP contribution in [0.5, 0.6) is 5.75 Å². The van der Waals surface area contributed by atoms with Crippen molar-refractivity contribution in [3.8, 4) is 5.75 Å². The lowest BCUT2D eigenvalue weighted by molar-refractivity contribution is 0.171. The minimum Gasteiger partial charge on any atom is -0.508 e. The quantitative estimate of drug-likeness (QED) is 0.474. The molecule has 4 heteroatoms. The van der Waals surface area contributed by atoms with Crippen molar-refractivity contribution in [3.63, 3.8) is 0 Å². The summed E-state index contributed by atoms with van der Waals surface area (Å²) in [6, 6.07) is 5.23. The third kappa shape index (κ3) is 3.14. The van der Waals surface area contributed by atoms with Gasteiger partial charge in [0.2, 0.25) is 0 Å². The zero-order valence-electron chi connectivity index (χ0n) is 13.7. The van der Waals surface area contributed by atoms with Crippen LogP contribution in [0.2, 0.25) is 0 Å². The Morgan fingerprint density at radius 2 is 1.78 bits per heavy atom. The summed E-state index contributed by atoms with van der Waals surface area (Å²) in [7, 11) is 0. The van der Waals surface area contributed by atoms with Gasteiger partial charge in [-0.3, -0.25) is 0 Å². The molecule has 4 nitrogen and oxygen atoms in total. The van der Waals surface area contributed by atoms with Gasteiger partial charge in [0.15, 0.2) is 0 Å². The normalized spacial score (nSPS) is 34.2. The Labute approximate surface area is 138 Å². The summed E-state index contributed by atoms with van der Waals surface area (Å²) in [5.74, 6) is 3.39. The van der Waals surface area contributed by atoms with Gasteiger partial charge < -0.3 is 20.8 Å². The molecule has 3 saturated carbocycles. The molecule has 1 aromatic rings. The third-order valence-corrected chi connectivity index (χ3v) is 6.19. The molecule has 2 bridgehead atoms. The Morgan fingerprint density at radius 3 is 2.57 bits per heavy atom. The molecule has 0 aromatic heterocycles. The Kier molecular flexibility index (Phi) is 4.10. The SMILES string of the molecule is Oc1ccc2c(c1)NC(O)C(CCCCC[C@H]1C[C@H]3C[C@@H]1C3)N2. The highest BCUT2D eigenvalue weighted by molar-refractivity contribution is 5.73. The molecule has 3 fully saturated rings. The van der Waals surface area contributed by atoms with Crippen molar-refractivity contribution in [2.24, 2.45) is 17.8 Å². The molecule has 3 aliphatic carbocycles. The third-order valence-electron chi connectivity index (χ3n) is 6.19. The Morgan fingerprint density at radius 1 is 0.957 bits per heavy atom. The number of hydrogen-bond acceptors (Lipinski definition) is 4. The summed E-state index contributed by atoms with van der Waals surface area (Å²) in [5, 5.41) is 26.2. The topological polar surface area (TPSA) is 64.5 Å². The molecule has 4 aliphatic rings. The van der Waals surface area contributed by atoms with Crippen molar-refractivity contribution in [2.45, 2.75) is 63.6 Å². The average molecular weight is 316 g/mol. The van der Waals surface area contributed by atoms with E-state index in [0.29, 0.717) is 0 Å². The van der Waals surface area contributed by atoms with Crippen molar-refractivity contribution in [1.82, 2.24) is 0 Å². The minimum absolute atomic E-state index is 0.0475. The molecule has 1 heterocycles. The summed E-state index contributed by atoms with van der Waals surface area (Å²) < 4.78 is 0. The van der Waals surface area contributed by atoms with Gasteiger partial charge in [-0.05, 0) is 55.6 Å². The van der Waals surface area contributed by atoms with Crippen molar-refractivity contribution in [3.05, 3.63) is 18.2 Å². The summed E-state index contributed by atoms with van der Waals surface area (Å²) in [4.78, 5) is 0. The van der Waals surface area contributed by atoms with Crippen LogP contribution in [0.3, 0.4) is 0 Å². The molecule has 2 unspecified atom stereocenters. The van der Waals surface area contributed by atoms with Crippen molar-refractivity contribution in [2.75, 3.05) is 10.6 Å². The van der Waals surface area contributed by atoms with E-state index >= 15 is 0 Å². The molecule has 0 saturated heterocycles. The zero-order chi connectivity index (χ0) is 15.8. The van der Waals surface area contributed by atoms with Crippen LogP contribution < -0.4 is 10.6 Å². The van der Waals surface area contributed by atoms with Gasteiger partial charge in [0, 0.05) is 6.07 Å². The van der Waals surface area contributed by atoms with E-state index in [2.05, 4.69) is 10.6 Å². The maximum atomic E-state index is 10.2. The van der Waals surface area contributed by atoms with Crippen LogP contribution in [0, 0.1) is 17.8 Å². The first-order chi connectivity index (χ1) is 11.2. The highest BCUT2D eigenvalue weighted by Gasteiger charge is 2.43.